The molecule has 0 unspecified atom stereocenters. The molecule has 0 atom stereocenters. The fraction of sp³-hybridized carbons (Fsp3) is 0.625. The minimum absolute atomic E-state index is 0.280. The largest absolute Gasteiger partial charge is 0.396 e. The molecule has 3 nitrogen and oxygen atoms in total. The summed E-state index contributed by atoms with van der Waals surface area (Å²) in [5.41, 5.74) is 2.37. The number of anilines is 1. The molecule has 0 aromatic heterocycles. The lowest BCUT2D eigenvalue weighted by atomic mass is 10.1. The standard InChI is InChI=1S/C16H27ClN2O/c1-3-10-18-13-14-8-7-9-15(17)16(14)19(2)11-5-4-6-12-20/h7-9,18,20H,3-6,10-13H2,1-2H3. The highest BCUT2D eigenvalue weighted by atomic mass is 35.5. The zero-order chi connectivity index (χ0) is 14.8. The van der Waals surface area contributed by atoms with E-state index in [1.54, 1.807) is 0 Å². The number of unbranched alkanes of at least 4 members (excludes halogenated alkanes) is 2. The van der Waals surface area contributed by atoms with Crippen LogP contribution in [0, 0.1) is 0 Å². The van der Waals surface area contributed by atoms with Crippen LogP contribution in [0.1, 0.15) is 38.2 Å². The fourth-order valence-electron chi connectivity index (χ4n) is 2.28. The summed E-state index contributed by atoms with van der Waals surface area (Å²) in [6.45, 7) is 5.28. The van der Waals surface area contributed by atoms with Gasteiger partial charge in [0.2, 0.25) is 0 Å². The van der Waals surface area contributed by atoms with Gasteiger partial charge in [-0.05, 0) is 43.9 Å². The molecular formula is C16H27ClN2O. The van der Waals surface area contributed by atoms with Gasteiger partial charge in [-0.25, -0.2) is 0 Å². The van der Waals surface area contributed by atoms with Crippen molar-refractivity contribution in [1.82, 2.24) is 5.32 Å². The average molecular weight is 299 g/mol. The summed E-state index contributed by atoms with van der Waals surface area (Å²) in [4.78, 5) is 2.22. The summed E-state index contributed by atoms with van der Waals surface area (Å²) >= 11 is 6.37. The van der Waals surface area contributed by atoms with Gasteiger partial charge in [0.05, 0.1) is 10.7 Å². The summed E-state index contributed by atoms with van der Waals surface area (Å²) < 4.78 is 0. The molecule has 4 heteroatoms. The molecule has 0 amide bonds. The van der Waals surface area contributed by atoms with E-state index in [0.29, 0.717) is 0 Å². The van der Waals surface area contributed by atoms with Crippen LogP contribution in [0.15, 0.2) is 18.2 Å². The van der Waals surface area contributed by atoms with Crippen molar-refractivity contribution in [1.29, 1.82) is 0 Å². The van der Waals surface area contributed by atoms with Crippen LogP contribution in [-0.4, -0.2) is 31.9 Å². The second-order valence-electron chi connectivity index (χ2n) is 5.13. The van der Waals surface area contributed by atoms with Crippen LogP contribution in [0.2, 0.25) is 5.02 Å². The highest BCUT2D eigenvalue weighted by Crippen LogP contribution is 2.29. The Morgan fingerprint density at radius 2 is 2.05 bits per heavy atom. The third kappa shape index (κ3) is 5.70. The SMILES string of the molecule is CCCNCc1cccc(Cl)c1N(C)CCCCCO. The Hall–Kier alpha value is -0.770. The van der Waals surface area contributed by atoms with Crippen LogP contribution in [0.25, 0.3) is 0 Å². The summed E-state index contributed by atoms with van der Waals surface area (Å²) in [5.74, 6) is 0. The molecule has 0 saturated heterocycles. The van der Waals surface area contributed by atoms with E-state index in [2.05, 4.69) is 30.3 Å². The molecule has 2 N–H and O–H groups in total. The number of para-hydroxylation sites is 1. The second-order valence-corrected chi connectivity index (χ2v) is 5.54. The van der Waals surface area contributed by atoms with E-state index in [1.165, 1.54) is 5.56 Å². The minimum atomic E-state index is 0.280. The van der Waals surface area contributed by atoms with E-state index < -0.39 is 0 Å². The van der Waals surface area contributed by atoms with Crippen molar-refractivity contribution in [2.75, 3.05) is 31.6 Å². The number of rotatable bonds is 10. The number of hydrogen-bond acceptors (Lipinski definition) is 3. The fourth-order valence-corrected chi connectivity index (χ4v) is 2.62. The Labute approximate surface area is 127 Å². The van der Waals surface area contributed by atoms with Gasteiger partial charge < -0.3 is 15.3 Å². The molecule has 0 saturated carbocycles. The maximum Gasteiger partial charge on any atom is 0.0642 e. The van der Waals surface area contributed by atoms with Gasteiger partial charge in [0, 0.05) is 26.7 Å². The topological polar surface area (TPSA) is 35.5 Å². The normalized spacial score (nSPS) is 10.8. The molecule has 0 radical (unpaired) electrons. The van der Waals surface area contributed by atoms with E-state index in [0.717, 1.165) is 56.0 Å². The van der Waals surface area contributed by atoms with Gasteiger partial charge >= 0.3 is 0 Å². The van der Waals surface area contributed by atoms with Crippen molar-refractivity contribution in [2.24, 2.45) is 0 Å². The monoisotopic (exact) mass is 298 g/mol. The van der Waals surface area contributed by atoms with Crippen LogP contribution in [0.5, 0.6) is 0 Å². The number of aliphatic hydroxyl groups is 1. The molecule has 0 aliphatic rings. The highest BCUT2D eigenvalue weighted by Gasteiger charge is 2.11. The molecule has 1 aromatic rings. The van der Waals surface area contributed by atoms with E-state index in [-0.39, 0.29) is 6.61 Å². The second kappa shape index (κ2) is 10.0. The Bertz CT molecular complexity index is 385. The lowest BCUT2D eigenvalue weighted by molar-refractivity contribution is 0.283. The highest BCUT2D eigenvalue weighted by molar-refractivity contribution is 6.33. The van der Waals surface area contributed by atoms with Crippen LogP contribution < -0.4 is 10.2 Å². The van der Waals surface area contributed by atoms with Crippen molar-refractivity contribution in [2.45, 2.75) is 39.2 Å². The molecule has 0 bridgehead atoms. The van der Waals surface area contributed by atoms with Crippen LogP contribution in [0.3, 0.4) is 0 Å². The number of halogens is 1. The predicted molar refractivity (Wildman–Crippen MR) is 87.7 cm³/mol. The van der Waals surface area contributed by atoms with Crippen LogP contribution in [0.4, 0.5) is 5.69 Å². The van der Waals surface area contributed by atoms with Gasteiger partial charge in [-0.2, -0.15) is 0 Å². The quantitative estimate of drug-likeness (QED) is 0.650. The van der Waals surface area contributed by atoms with E-state index in [4.69, 9.17) is 16.7 Å². The van der Waals surface area contributed by atoms with Gasteiger partial charge in [-0.1, -0.05) is 30.7 Å². The molecule has 1 rings (SSSR count). The molecule has 1 aromatic carbocycles. The van der Waals surface area contributed by atoms with Crippen molar-refractivity contribution in [3.63, 3.8) is 0 Å². The first kappa shape index (κ1) is 17.3. The lowest BCUT2D eigenvalue weighted by Crippen LogP contribution is -2.23. The molecule has 20 heavy (non-hydrogen) atoms. The van der Waals surface area contributed by atoms with E-state index in [9.17, 15) is 0 Å². The van der Waals surface area contributed by atoms with Crippen LogP contribution >= 0.6 is 11.6 Å². The van der Waals surface area contributed by atoms with Crippen LogP contribution in [-0.2, 0) is 6.54 Å². The predicted octanol–water partition coefficient (Wildman–Crippen LogP) is 3.44. The van der Waals surface area contributed by atoms with Gasteiger partial charge in [0.1, 0.15) is 0 Å². The maximum atomic E-state index is 8.81. The third-order valence-corrected chi connectivity index (χ3v) is 3.65. The minimum Gasteiger partial charge on any atom is -0.396 e. The van der Waals surface area contributed by atoms with Crippen molar-refractivity contribution < 1.29 is 5.11 Å². The Morgan fingerprint density at radius 1 is 1.25 bits per heavy atom. The van der Waals surface area contributed by atoms with E-state index in [1.807, 2.05) is 12.1 Å². The van der Waals surface area contributed by atoms with Gasteiger partial charge in [-0.15, -0.1) is 0 Å². The van der Waals surface area contributed by atoms with Crippen molar-refractivity contribution in [3.8, 4) is 0 Å². The van der Waals surface area contributed by atoms with Gasteiger partial charge in [-0.3, -0.25) is 0 Å². The summed E-state index contributed by atoms with van der Waals surface area (Å²) in [5, 5.41) is 13.1. The molecular weight excluding hydrogens is 272 g/mol. The van der Waals surface area contributed by atoms with Gasteiger partial charge in [0.15, 0.2) is 0 Å². The van der Waals surface area contributed by atoms with Crippen molar-refractivity contribution in [3.05, 3.63) is 28.8 Å². The summed E-state index contributed by atoms with van der Waals surface area (Å²) in [6, 6.07) is 6.09. The average Bonchev–Trinajstić information content (AvgIpc) is 2.44. The molecule has 114 valence electrons. The number of hydrogen-bond donors (Lipinski definition) is 2. The molecule has 0 aliphatic carbocycles. The third-order valence-electron chi connectivity index (χ3n) is 3.35. The van der Waals surface area contributed by atoms with Gasteiger partial charge in [0.25, 0.3) is 0 Å². The maximum absolute atomic E-state index is 8.81. The number of nitrogens with zero attached hydrogens (tertiary/aromatic N) is 1. The number of nitrogens with one attached hydrogen (secondary N) is 1. The van der Waals surface area contributed by atoms with Crippen molar-refractivity contribution >= 4 is 17.3 Å². The first-order chi connectivity index (χ1) is 9.70. The first-order valence-corrected chi connectivity index (χ1v) is 7.88. The molecule has 0 fully saturated rings. The Kier molecular flexibility index (Phi) is 8.67. The number of benzene rings is 1. The summed E-state index contributed by atoms with van der Waals surface area (Å²) in [7, 11) is 2.09. The lowest BCUT2D eigenvalue weighted by Gasteiger charge is -2.24. The molecule has 0 spiro atoms. The molecule has 0 heterocycles. The molecule has 0 aliphatic heterocycles. The first-order valence-electron chi connectivity index (χ1n) is 7.50. The summed E-state index contributed by atoms with van der Waals surface area (Å²) in [6.07, 6.45) is 4.13. The number of aliphatic hydroxyl groups excluding tert-OH is 1. The Balaban J connectivity index is 2.65. The smallest absolute Gasteiger partial charge is 0.0642 e. The Morgan fingerprint density at radius 3 is 2.75 bits per heavy atom. The zero-order valence-corrected chi connectivity index (χ0v) is 13.4. The zero-order valence-electron chi connectivity index (χ0n) is 12.7. The van der Waals surface area contributed by atoms with E-state index >= 15 is 0 Å².